The summed E-state index contributed by atoms with van der Waals surface area (Å²) in [5, 5.41) is 8.04. The molecule has 3 rings (SSSR count). The molecule has 25 heavy (non-hydrogen) atoms. The van der Waals surface area contributed by atoms with Gasteiger partial charge in [-0.25, -0.2) is 8.78 Å². The number of ether oxygens (including phenoxy) is 1. The molecule has 0 unspecified atom stereocenters. The first-order valence-electron chi connectivity index (χ1n) is 7.86. The van der Waals surface area contributed by atoms with E-state index in [1.54, 1.807) is 17.0 Å². The van der Waals surface area contributed by atoms with Crippen LogP contribution in [0.25, 0.3) is 0 Å². The highest BCUT2D eigenvalue weighted by molar-refractivity contribution is 5.94. The molecule has 8 heteroatoms. The van der Waals surface area contributed by atoms with Gasteiger partial charge in [0.15, 0.2) is 17.5 Å². The maximum absolute atomic E-state index is 13.3. The van der Waals surface area contributed by atoms with Crippen LogP contribution in [0.3, 0.4) is 0 Å². The van der Waals surface area contributed by atoms with Crippen LogP contribution < -0.4 is 9.64 Å². The van der Waals surface area contributed by atoms with Gasteiger partial charge < -0.3 is 14.5 Å². The fourth-order valence-corrected chi connectivity index (χ4v) is 2.61. The summed E-state index contributed by atoms with van der Waals surface area (Å²) in [7, 11) is 3.73. The number of hydrogen-bond donors (Lipinski definition) is 0. The number of halogens is 2. The number of carbonyl (C=O) groups excluding carboxylic acids is 1. The predicted molar refractivity (Wildman–Crippen MR) is 87.7 cm³/mol. The van der Waals surface area contributed by atoms with Gasteiger partial charge in [-0.3, -0.25) is 4.79 Å². The van der Waals surface area contributed by atoms with Gasteiger partial charge in [-0.1, -0.05) is 0 Å². The molecular formula is C17H18F2N4O2. The van der Waals surface area contributed by atoms with Crippen molar-refractivity contribution >= 4 is 11.7 Å². The molecule has 0 bridgehead atoms. The Morgan fingerprint density at radius 1 is 1.20 bits per heavy atom. The van der Waals surface area contributed by atoms with E-state index in [0.717, 1.165) is 12.1 Å². The predicted octanol–water partition coefficient (Wildman–Crippen LogP) is 2.11. The third-order valence-corrected chi connectivity index (χ3v) is 3.97. The monoisotopic (exact) mass is 348 g/mol. The molecule has 0 spiro atoms. The Labute approximate surface area is 144 Å². The number of nitrogens with zero attached hydrogens (tertiary/aromatic N) is 4. The van der Waals surface area contributed by atoms with Gasteiger partial charge in [0.05, 0.1) is 6.54 Å². The van der Waals surface area contributed by atoms with Gasteiger partial charge in [-0.05, 0) is 24.3 Å². The van der Waals surface area contributed by atoms with E-state index in [-0.39, 0.29) is 17.6 Å². The minimum absolute atomic E-state index is 0.120. The molecule has 0 N–H and O–H groups in total. The fraction of sp³-hybridized carbons (Fsp3) is 0.353. The second-order valence-corrected chi connectivity index (χ2v) is 6.03. The molecule has 1 atom stereocenters. The number of benzene rings is 1. The summed E-state index contributed by atoms with van der Waals surface area (Å²) in [5.74, 6) is -1.25. The average Bonchev–Trinajstić information content (AvgIpc) is 3.05. The summed E-state index contributed by atoms with van der Waals surface area (Å²) in [6.45, 7) is 0.834. The van der Waals surface area contributed by atoms with E-state index < -0.39 is 11.6 Å². The van der Waals surface area contributed by atoms with Crippen molar-refractivity contribution in [1.82, 2.24) is 15.1 Å². The van der Waals surface area contributed by atoms with Gasteiger partial charge in [0.2, 0.25) is 5.88 Å². The molecule has 1 aromatic heterocycles. The molecular weight excluding hydrogens is 330 g/mol. The van der Waals surface area contributed by atoms with Crippen molar-refractivity contribution in [2.24, 2.45) is 0 Å². The SMILES string of the molecule is CN(C)c1ccc(O[C@H]2CCN(C(=O)c3ccc(F)c(F)c3)C2)nn1. The van der Waals surface area contributed by atoms with Crippen LogP contribution in [0.4, 0.5) is 14.6 Å². The van der Waals surface area contributed by atoms with E-state index >= 15 is 0 Å². The Morgan fingerprint density at radius 3 is 2.64 bits per heavy atom. The van der Waals surface area contributed by atoms with E-state index in [1.807, 2.05) is 19.0 Å². The zero-order valence-corrected chi connectivity index (χ0v) is 13.9. The lowest BCUT2D eigenvalue weighted by atomic mass is 10.2. The molecule has 2 aromatic rings. The van der Waals surface area contributed by atoms with Crippen LogP contribution in [0, 0.1) is 11.6 Å². The first-order chi connectivity index (χ1) is 11.9. The number of carbonyl (C=O) groups is 1. The lowest BCUT2D eigenvalue weighted by Gasteiger charge is -2.17. The zero-order chi connectivity index (χ0) is 18.0. The molecule has 1 aromatic carbocycles. The minimum Gasteiger partial charge on any atom is -0.471 e. The van der Waals surface area contributed by atoms with Crippen LogP contribution in [-0.2, 0) is 0 Å². The lowest BCUT2D eigenvalue weighted by molar-refractivity contribution is 0.0770. The van der Waals surface area contributed by atoms with E-state index in [1.165, 1.54) is 6.07 Å². The van der Waals surface area contributed by atoms with E-state index in [0.29, 0.717) is 31.2 Å². The van der Waals surface area contributed by atoms with Crippen molar-refractivity contribution in [2.45, 2.75) is 12.5 Å². The van der Waals surface area contributed by atoms with E-state index in [4.69, 9.17) is 4.74 Å². The van der Waals surface area contributed by atoms with Crippen LogP contribution in [-0.4, -0.2) is 54.3 Å². The molecule has 132 valence electrons. The van der Waals surface area contributed by atoms with E-state index in [2.05, 4.69) is 10.2 Å². The molecule has 0 aliphatic carbocycles. The number of anilines is 1. The first-order valence-corrected chi connectivity index (χ1v) is 7.86. The molecule has 1 fully saturated rings. The van der Waals surface area contributed by atoms with Crippen LogP contribution >= 0.6 is 0 Å². The molecule has 2 heterocycles. The standard InChI is InChI=1S/C17H18F2N4O2/c1-22(2)15-5-6-16(21-20-15)25-12-7-8-23(10-12)17(24)11-3-4-13(18)14(19)9-11/h3-6,9,12H,7-8,10H2,1-2H3/t12-/m0/s1. The zero-order valence-electron chi connectivity index (χ0n) is 13.9. The highest BCUT2D eigenvalue weighted by atomic mass is 19.2. The highest BCUT2D eigenvalue weighted by Gasteiger charge is 2.29. The highest BCUT2D eigenvalue weighted by Crippen LogP contribution is 2.20. The van der Waals surface area contributed by atoms with Crippen molar-refractivity contribution < 1.29 is 18.3 Å². The maximum atomic E-state index is 13.3. The fourth-order valence-electron chi connectivity index (χ4n) is 2.61. The smallest absolute Gasteiger partial charge is 0.254 e. The Balaban J connectivity index is 1.61. The van der Waals surface area contributed by atoms with Crippen molar-refractivity contribution in [2.75, 3.05) is 32.1 Å². The van der Waals surface area contributed by atoms with Gasteiger partial charge in [0, 0.05) is 38.7 Å². The van der Waals surface area contributed by atoms with Crippen LogP contribution in [0.15, 0.2) is 30.3 Å². The molecule has 1 saturated heterocycles. The van der Waals surface area contributed by atoms with Crippen molar-refractivity contribution in [3.63, 3.8) is 0 Å². The number of rotatable bonds is 4. The third kappa shape index (κ3) is 3.84. The third-order valence-electron chi connectivity index (χ3n) is 3.97. The van der Waals surface area contributed by atoms with Gasteiger partial charge in [0.1, 0.15) is 6.10 Å². The first kappa shape index (κ1) is 17.1. The average molecular weight is 348 g/mol. The van der Waals surface area contributed by atoms with Gasteiger partial charge in [-0.2, -0.15) is 0 Å². The quantitative estimate of drug-likeness (QED) is 0.847. The number of amides is 1. The number of likely N-dealkylation sites (tertiary alicyclic amines) is 1. The molecule has 1 amide bonds. The van der Waals surface area contributed by atoms with Crippen LogP contribution in [0.5, 0.6) is 5.88 Å². The topological polar surface area (TPSA) is 58.6 Å². The summed E-state index contributed by atoms with van der Waals surface area (Å²) >= 11 is 0. The Kier molecular flexibility index (Phi) is 4.78. The van der Waals surface area contributed by atoms with Crippen molar-refractivity contribution in [3.05, 3.63) is 47.5 Å². The summed E-state index contributed by atoms with van der Waals surface area (Å²) in [5.41, 5.74) is 0.120. The molecule has 0 radical (unpaired) electrons. The van der Waals surface area contributed by atoms with Crippen LogP contribution in [0.1, 0.15) is 16.8 Å². The summed E-state index contributed by atoms with van der Waals surface area (Å²) < 4.78 is 32.0. The summed E-state index contributed by atoms with van der Waals surface area (Å²) in [4.78, 5) is 15.8. The molecule has 0 saturated carbocycles. The summed E-state index contributed by atoms with van der Waals surface area (Å²) in [6, 6.07) is 6.66. The van der Waals surface area contributed by atoms with Gasteiger partial charge in [0.25, 0.3) is 5.91 Å². The van der Waals surface area contributed by atoms with Crippen molar-refractivity contribution in [1.29, 1.82) is 0 Å². The Hall–Kier alpha value is -2.77. The Morgan fingerprint density at radius 2 is 2.00 bits per heavy atom. The Bertz CT molecular complexity index is 768. The molecule has 6 nitrogen and oxygen atoms in total. The summed E-state index contributed by atoms with van der Waals surface area (Å²) in [6.07, 6.45) is 0.417. The van der Waals surface area contributed by atoms with Gasteiger partial charge in [-0.15, -0.1) is 10.2 Å². The van der Waals surface area contributed by atoms with Crippen LogP contribution in [0.2, 0.25) is 0 Å². The molecule has 1 aliphatic rings. The van der Waals surface area contributed by atoms with E-state index in [9.17, 15) is 13.6 Å². The lowest BCUT2D eigenvalue weighted by Crippen LogP contribution is -2.31. The largest absolute Gasteiger partial charge is 0.471 e. The maximum Gasteiger partial charge on any atom is 0.254 e. The molecule has 1 aliphatic heterocycles. The van der Waals surface area contributed by atoms with Gasteiger partial charge >= 0.3 is 0 Å². The second-order valence-electron chi connectivity index (χ2n) is 6.03. The van der Waals surface area contributed by atoms with Crippen molar-refractivity contribution in [3.8, 4) is 5.88 Å². The second kappa shape index (κ2) is 7.00. The normalized spacial score (nSPS) is 16.8. The number of hydrogen-bond acceptors (Lipinski definition) is 5. The number of aromatic nitrogens is 2. The minimum atomic E-state index is -1.03.